The molecule has 0 atom stereocenters. The number of nitrogen functional groups attached to an aromatic ring is 1. The molecule has 1 aromatic heterocycles. The first kappa shape index (κ1) is 14.3. The van der Waals surface area contributed by atoms with Crippen LogP contribution in [0.2, 0.25) is 0 Å². The number of phenols is 1. The summed E-state index contributed by atoms with van der Waals surface area (Å²) in [5.74, 6) is -3.59. The monoisotopic (exact) mass is 315 g/mol. The molecule has 9 heteroatoms. The third kappa shape index (κ3) is 2.02. The Labute approximate surface area is 127 Å². The molecule has 23 heavy (non-hydrogen) atoms. The smallest absolute Gasteiger partial charge is 0.337 e. The highest BCUT2D eigenvalue weighted by molar-refractivity contribution is 6.23. The molecule has 1 aliphatic rings. The average Bonchev–Trinajstić information content (AvgIpc) is 2.74. The molecule has 2 amide bonds. The van der Waals surface area contributed by atoms with Gasteiger partial charge in [-0.05, 0) is 18.2 Å². The lowest BCUT2D eigenvalue weighted by Gasteiger charge is -2.14. The van der Waals surface area contributed by atoms with Gasteiger partial charge in [0.05, 0.1) is 22.4 Å². The number of amides is 2. The second-order valence-electron chi connectivity index (χ2n) is 4.78. The number of imide groups is 1. The summed E-state index contributed by atoms with van der Waals surface area (Å²) in [4.78, 5) is 46.9. The molecule has 1 aromatic carbocycles. The van der Waals surface area contributed by atoms with Crippen LogP contribution >= 0.6 is 0 Å². The van der Waals surface area contributed by atoms with E-state index in [1.54, 1.807) is 0 Å². The third-order valence-electron chi connectivity index (χ3n) is 3.40. The van der Waals surface area contributed by atoms with Crippen molar-refractivity contribution >= 4 is 23.6 Å². The number of benzene rings is 1. The first-order chi connectivity index (χ1) is 10.8. The van der Waals surface area contributed by atoms with Crippen LogP contribution in [0.1, 0.15) is 31.1 Å². The van der Waals surface area contributed by atoms with Crippen LogP contribution in [-0.4, -0.2) is 32.6 Å². The van der Waals surface area contributed by atoms with Crippen LogP contribution < -0.4 is 16.6 Å². The van der Waals surface area contributed by atoms with Gasteiger partial charge in [0, 0.05) is 6.07 Å². The van der Waals surface area contributed by atoms with Gasteiger partial charge in [-0.1, -0.05) is 0 Å². The molecule has 116 valence electrons. The highest BCUT2D eigenvalue weighted by atomic mass is 16.4. The summed E-state index contributed by atoms with van der Waals surface area (Å²) in [6.07, 6.45) is 0. The van der Waals surface area contributed by atoms with Crippen LogP contribution in [0.5, 0.6) is 5.75 Å². The molecule has 0 spiro atoms. The molecule has 3 rings (SSSR count). The van der Waals surface area contributed by atoms with Crippen molar-refractivity contribution in [2.24, 2.45) is 0 Å². The Bertz CT molecular complexity index is 960. The Morgan fingerprint density at radius 3 is 2.48 bits per heavy atom. The molecular formula is C14H9N3O6. The highest BCUT2D eigenvalue weighted by Crippen LogP contribution is 2.26. The van der Waals surface area contributed by atoms with Gasteiger partial charge in [0.1, 0.15) is 11.6 Å². The van der Waals surface area contributed by atoms with Crippen LogP contribution in [0.4, 0.5) is 5.82 Å². The van der Waals surface area contributed by atoms with E-state index in [9.17, 15) is 29.4 Å². The number of carboxylic acids is 1. The Balaban J connectivity index is 2.38. The minimum Gasteiger partial charge on any atom is -0.508 e. The molecule has 0 unspecified atom stereocenters. The summed E-state index contributed by atoms with van der Waals surface area (Å²) in [6.45, 7) is 0. The molecular weight excluding hydrogens is 306 g/mol. The number of nitrogens with one attached hydrogen (secondary N) is 1. The van der Waals surface area contributed by atoms with Gasteiger partial charge in [-0.2, -0.15) is 0 Å². The predicted molar refractivity (Wildman–Crippen MR) is 76.9 cm³/mol. The number of pyridine rings is 1. The van der Waals surface area contributed by atoms with Crippen molar-refractivity contribution in [2.45, 2.75) is 0 Å². The van der Waals surface area contributed by atoms with Crippen molar-refractivity contribution in [3.8, 4) is 11.4 Å². The van der Waals surface area contributed by atoms with Crippen molar-refractivity contribution in [1.82, 2.24) is 9.88 Å². The fraction of sp³-hybridized carbons (Fsp3) is 0. The van der Waals surface area contributed by atoms with Crippen molar-refractivity contribution in [3.63, 3.8) is 0 Å². The maximum Gasteiger partial charge on any atom is 0.337 e. The summed E-state index contributed by atoms with van der Waals surface area (Å²) < 4.78 is 0.805. The number of aromatic carboxylic acids is 1. The fourth-order valence-electron chi connectivity index (χ4n) is 2.42. The van der Waals surface area contributed by atoms with Gasteiger partial charge in [0.25, 0.3) is 17.4 Å². The quantitative estimate of drug-likeness (QED) is 0.555. The molecule has 0 saturated carbocycles. The highest BCUT2D eigenvalue weighted by Gasteiger charge is 2.32. The molecule has 5 N–H and O–H groups in total. The van der Waals surface area contributed by atoms with Crippen LogP contribution in [0, 0.1) is 0 Å². The van der Waals surface area contributed by atoms with Crippen molar-refractivity contribution < 1.29 is 24.6 Å². The maximum absolute atomic E-state index is 12.2. The Hall–Kier alpha value is -3.62. The first-order valence-electron chi connectivity index (χ1n) is 6.29. The number of aromatic nitrogens is 1. The Morgan fingerprint density at radius 1 is 1.13 bits per heavy atom. The van der Waals surface area contributed by atoms with Crippen molar-refractivity contribution in [3.05, 3.63) is 51.3 Å². The zero-order chi connectivity index (χ0) is 16.9. The lowest BCUT2D eigenvalue weighted by molar-refractivity contribution is 0.0695. The number of carbonyl (C=O) groups is 3. The zero-order valence-corrected chi connectivity index (χ0v) is 11.4. The molecule has 9 nitrogen and oxygen atoms in total. The standard InChI is InChI=1S/C14H9N3O6/c15-11-10-7(12(20)16-13(10)21)4-9(19)17(11)8-2-1-5(18)3-6(8)14(22)23/h1-4,18H,15H2,(H,22,23)(H,16,20,21). The number of aromatic hydroxyl groups is 1. The van der Waals surface area contributed by atoms with Gasteiger partial charge >= 0.3 is 5.97 Å². The second kappa shape index (κ2) is 4.70. The number of nitrogens with zero attached hydrogens (tertiary/aromatic N) is 1. The van der Waals surface area contributed by atoms with E-state index in [0.29, 0.717) is 0 Å². The molecule has 2 heterocycles. The van der Waals surface area contributed by atoms with Crippen LogP contribution in [0.3, 0.4) is 0 Å². The number of rotatable bonds is 2. The summed E-state index contributed by atoms with van der Waals surface area (Å²) in [5.41, 5.74) is 4.17. The Kier molecular flexibility index (Phi) is 2.93. The first-order valence-corrected chi connectivity index (χ1v) is 6.29. The minimum atomic E-state index is -1.40. The summed E-state index contributed by atoms with van der Waals surface area (Å²) in [7, 11) is 0. The lowest BCUT2D eigenvalue weighted by atomic mass is 10.1. The minimum absolute atomic E-state index is 0.132. The summed E-state index contributed by atoms with van der Waals surface area (Å²) >= 11 is 0. The molecule has 2 aromatic rings. The number of fused-ring (bicyclic) bond motifs is 1. The van der Waals surface area contributed by atoms with Gasteiger partial charge in [-0.15, -0.1) is 0 Å². The van der Waals surface area contributed by atoms with Crippen LogP contribution in [-0.2, 0) is 0 Å². The molecule has 0 fully saturated rings. The van der Waals surface area contributed by atoms with E-state index in [1.165, 1.54) is 12.1 Å². The van der Waals surface area contributed by atoms with Crippen LogP contribution in [0.25, 0.3) is 5.69 Å². The topological polar surface area (TPSA) is 152 Å². The number of phenolic OH excluding ortho intramolecular Hbond substituents is 1. The normalized spacial score (nSPS) is 12.9. The van der Waals surface area contributed by atoms with E-state index in [1.807, 2.05) is 5.32 Å². The molecule has 0 aliphatic carbocycles. The Morgan fingerprint density at radius 2 is 1.83 bits per heavy atom. The van der Waals surface area contributed by atoms with Gasteiger partial charge in [-0.3, -0.25) is 24.3 Å². The molecule has 0 radical (unpaired) electrons. The van der Waals surface area contributed by atoms with E-state index in [4.69, 9.17) is 5.73 Å². The molecule has 1 aliphatic heterocycles. The summed E-state index contributed by atoms with van der Waals surface area (Å²) in [5, 5.41) is 20.6. The number of nitrogens with two attached hydrogens (primary N) is 1. The van der Waals surface area contributed by atoms with Gasteiger partial charge in [0.2, 0.25) is 0 Å². The van der Waals surface area contributed by atoms with Gasteiger partial charge < -0.3 is 15.9 Å². The van der Waals surface area contributed by atoms with E-state index >= 15 is 0 Å². The largest absolute Gasteiger partial charge is 0.508 e. The lowest BCUT2D eigenvalue weighted by Crippen LogP contribution is -2.25. The maximum atomic E-state index is 12.2. The SMILES string of the molecule is Nc1c2c(cc(=O)n1-c1ccc(O)cc1C(=O)O)C(=O)NC2=O. The zero-order valence-electron chi connectivity index (χ0n) is 11.4. The third-order valence-corrected chi connectivity index (χ3v) is 3.40. The summed E-state index contributed by atoms with van der Waals surface area (Å²) in [6, 6.07) is 4.20. The van der Waals surface area contributed by atoms with Gasteiger partial charge in [0.15, 0.2) is 0 Å². The molecule has 0 saturated heterocycles. The van der Waals surface area contributed by atoms with Crippen molar-refractivity contribution in [1.29, 1.82) is 0 Å². The number of hydrogen-bond acceptors (Lipinski definition) is 6. The molecule has 0 bridgehead atoms. The second-order valence-corrected chi connectivity index (χ2v) is 4.78. The fourth-order valence-corrected chi connectivity index (χ4v) is 2.42. The number of carbonyl (C=O) groups excluding carboxylic acids is 2. The predicted octanol–water partition coefficient (Wildman–Crippen LogP) is -0.293. The van der Waals surface area contributed by atoms with E-state index in [2.05, 4.69) is 0 Å². The van der Waals surface area contributed by atoms with E-state index in [0.717, 1.165) is 16.7 Å². The van der Waals surface area contributed by atoms with Crippen molar-refractivity contribution in [2.75, 3.05) is 5.73 Å². The number of carboxylic acid groups (broad SMARTS) is 1. The average molecular weight is 315 g/mol. The van der Waals surface area contributed by atoms with Crippen LogP contribution in [0.15, 0.2) is 29.1 Å². The van der Waals surface area contributed by atoms with Gasteiger partial charge in [-0.25, -0.2) is 4.79 Å². The van der Waals surface area contributed by atoms with E-state index in [-0.39, 0.29) is 33.9 Å². The van der Waals surface area contributed by atoms with E-state index < -0.39 is 23.3 Å². The number of anilines is 1. The number of hydrogen-bond donors (Lipinski definition) is 4.